The molecule has 1 N–H and O–H groups in total. The van der Waals surface area contributed by atoms with Crippen molar-refractivity contribution in [1.82, 2.24) is 0 Å². The first-order valence-electron chi connectivity index (χ1n) is 16.6. The van der Waals surface area contributed by atoms with Crippen LogP contribution in [0.4, 0.5) is 5.69 Å². The van der Waals surface area contributed by atoms with Crippen molar-refractivity contribution in [1.29, 1.82) is 0 Å². The van der Waals surface area contributed by atoms with Gasteiger partial charge in [-0.25, -0.2) is 4.57 Å². The molecule has 0 radical (unpaired) electrons. The summed E-state index contributed by atoms with van der Waals surface area (Å²) in [5.74, 6) is 0.938. The van der Waals surface area contributed by atoms with Crippen molar-refractivity contribution in [3.05, 3.63) is 87.3 Å². The number of nitrogens with one attached hydrogen (secondary N) is 1. The molecular formula is C38H54IN2O2+. The van der Waals surface area contributed by atoms with Crippen LogP contribution in [-0.4, -0.2) is 12.5 Å². The summed E-state index contributed by atoms with van der Waals surface area (Å²) < 4.78 is 9.45. The fourth-order valence-corrected chi connectivity index (χ4v) is 6.16. The highest BCUT2D eigenvalue weighted by molar-refractivity contribution is 14.1. The molecule has 3 rings (SSSR count). The standard InChI is InChI=1S/C38H53IN2O2/c1-5-6-7-8-9-10-11-12-13-14-15-19-27-43-35-24-23-31(28-33(35)38(2,3)4)29-36(42)40-37-32(21-20-22-34(37)39)30-41-25-17-16-18-26-41/h16-18,20-26,28H,5-15,19,27,29-30H2,1-4H3/p+1. The van der Waals surface area contributed by atoms with E-state index in [0.29, 0.717) is 13.0 Å². The summed E-state index contributed by atoms with van der Waals surface area (Å²) in [5, 5.41) is 3.21. The van der Waals surface area contributed by atoms with E-state index in [-0.39, 0.29) is 11.3 Å². The summed E-state index contributed by atoms with van der Waals surface area (Å²) in [6, 6.07) is 18.5. The molecule has 0 atom stereocenters. The van der Waals surface area contributed by atoms with E-state index in [1.54, 1.807) is 0 Å². The monoisotopic (exact) mass is 697 g/mol. The van der Waals surface area contributed by atoms with Gasteiger partial charge >= 0.3 is 0 Å². The Kier molecular flexibility index (Phi) is 15.6. The van der Waals surface area contributed by atoms with Gasteiger partial charge in [-0.3, -0.25) is 4.79 Å². The number of amides is 1. The van der Waals surface area contributed by atoms with Crippen LogP contribution in [0.25, 0.3) is 0 Å². The molecule has 0 aliphatic heterocycles. The summed E-state index contributed by atoms with van der Waals surface area (Å²) >= 11 is 2.31. The number of pyridine rings is 1. The quantitative estimate of drug-likeness (QED) is 0.0770. The largest absolute Gasteiger partial charge is 0.493 e. The summed E-state index contributed by atoms with van der Waals surface area (Å²) in [6.07, 6.45) is 20.5. The van der Waals surface area contributed by atoms with E-state index in [9.17, 15) is 4.79 Å². The van der Waals surface area contributed by atoms with E-state index in [0.717, 1.165) is 44.7 Å². The number of anilines is 1. The SMILES string of the molecule is CCCCCCCCCCCCCCOc1ccc(CC(=O)Nc2c(I)cccc2C[n+]2ccccc2)cc1C(C)(C)C. The number of para-hydroxylation sites is 1. The Labute approximate surface area is 275 Å². The van der Waals surface area contributed by atoms with Crippen LogP contribution in [-0.2, 0) is 23.2 Å². The lowest BCUT2D eigenvalue weighted by Gasteiger charge is -2.24. The first-order valence-corrected chi connectivity index (χ1v) is 17.6. The molecule has 4 nitrogen and oxygen atoms in total. The lowest BCUT2D eigenvalue weighted by molar-refractivity contribution is -0.688. The fraction of sp³-hybridized carbons (Fsp3) is 0.526. The molecule has 0 spiro atoms. The molecular weight excluding hydrogens is 643 g/mol. The lowest BCUT2D eigenvalue weighted by atomic mass is 9.85. The Morgan fingerprint density at radius 1 is 0.814 bits per heavy atom. The molecule has 0 aliphatic carbocycles. The molecule has 1 heterocycles. The average molecular weight is 698 g/mol. The summed E-state index contributed by atoms with van der Waals surface area (Å²) in [4.78, 5) is 13.2. The van der Waals surface area contributed by atoms with Gasteiger partial charge in [0.1, 0.15) is 5.75 Å². The Bertz CT molecular complexity index is 1240. The number of hydrogen-bond donors (Lipinski definition) is 1. The molecule has 234 valence electrons. The van der Waals surface area contributed by atoms with E-state index in [2.05, 4.69) is 78.4 Å². The van der Waals surface area contributed by atoms with Gasteiger partial charge in [0.25, 0.3) is 0 Å². The number of benzene rings is 2. The molecule has 2 aromatic carbocycles. The van der Waals surface area contributed by atoms with Gasteiger partial charge in [-0.1, -0.05) is 129 Å². The minimum atomic E-state index is -0.0761. The molecule has 0 fully saturated rings. The van der Waals surface area contributed by atoms with Gasteiger partial charge in [-0.05, 0) is 57.7 Å². The summed E-state index contributed by atoms with van der Waals surface area (Å²) in [6.45, 7) is 10.4. The van der Waals surface area contributed by atoms with Gasteiger partial charge in [0.15, 0.2) is 18.9 Å². The van der Waals surface area contributed by atoms with Crippen LogP contribution in [0, 0.1) is 3.57 Å². The number of halogens is 1. The zero-order valence-electron chi connectivity index (χ0n) is 27.1. The molecule has 0 unspecified atom stereocenters. The maximum atomic E-state index is 13.2. The minimum absolute atomic E-state index is 0.00607. The Morgan fingerprint density at radius 2 is 1.44 bits per heavy atom. The highest BCUT2D eigenvalue weighted by Crippen LogP contribution is 2.33. The number of hydrogen-bond acceptors (Lipinski definition) is 2. The highest BCUT2D eigenvalue weighted by atomic mass is 127. The molecule has 0 saturated carbocycles. The molecule has 0 aliphatic rings. The van der Waals surface area contributed by atoms with E-state index in [1.807, 2.05) is 48.8 Å². The first-order chi connectivity index (χ1) is 20.8. The third-order valence-electron chi connectivity index (χ3n) is 7.97. The zero-order chi connectivity index (χ0) is 30.9. The Hall–Kier alpha value is -2.41. The average Bonchev–Trinajstić information content (AvgIpc) is 2.98. The van der Waals surface area contributed by atoms with Crippen LogP contribution < -0.4 is 14.6 Å². The number of carbonyl (C=O) groups excluding carboxylic acids is 1. The van der Waals surface area contributed by atoms with Gasteiger partial charge in [0.05, 0.1) is 18.7 Å². The molecule has 43 heavy (non-hydrogen) atoms. The molecule has 1 amide bonds. The lowest BCUT2D eigenvalue weighted by Crippen LogP contribution is -2.33. The van der Waals surface area contributed by atoms with Crippen molar-refractivity contribution >= 4 is 34.2 Å². The van der Waals surface area contributed by atoms with Crippen LogP contribution in [0.5, 0.6) is 5.75 Å². The molecule has 3 aromatic rings. The summed E-state index contributed by atoms with van der Waals surface area (Å²) in [7, 11) is 0. The van der Waals surface area contributed by atoms with Gasteiger partial charge in [0.2, 0.25) is 5.91 Å². The van der Waals surface area contributed by atoms with Crippen molar-refractivity contribution < 1.29 is 14.1 Å². The highest BCUT2D eigenvalue weighted by Gasteiger charge is 2.21. The van der Waals surface area contributed by atoms with Crippen LogP contribution in [0.15, 0.2) is 67.0 Å². The number of carbonyl (C=O) groups is 1. The minimum Gasteiger partial charge on any atom is -0.493 e. The fourth-order valence-electron chi connectivity index (χ4n) is 5.47. The zero-order valence-corrected chi connectivity index (χ0v) is 29.3. The second kappa shape index (κ2) is 19.1. The maximum absolute atomic E-state index is 13.2. The van der Waals surface area contributed by atoms with Crippen molar-refractivity contribution in [2.24, 2.45) is 0 Å². The van der Waals surface area contributed by atoms with Gasteiger partial charge in [-0.15, -0.1) is 0 Å². The van der Waals surface area contributed by atoms with Crippen molar-refractivity contribution in [3.8, 4) is 5.75 Å². The Morgan fingerprint density at radius 3 is 2.07 bits per heavy atom. The van der Waals surface area contributed by atoms with Crippen LogP contribution in [0.1, 0.15) is 121 Å². The number of rotatable bonds is 19. The summed E-state index contributed by atoms with van der Waals surface area (Å²) in [5.41, 5.74) is 4.07. The predicted octanol–water partition coefficient (Wildman–Crippen LogP) is 10.2. The van der Waals surface area contributed by atoms with Gasteiger partial charge in [0, 0.05) is 21.3 Å². The van der Waals surface area contributed by atoms with Crippen molar-refractivity contribution in [2.75, 3.05) is 11.9 Å². The predicted molar refractivity (Wildman–Crippen MR) is 189 cm³/mol. The molecule has 1 aromatic heterocycles. The number of aromatic nitrogens is 1. The molecule has 0 saturated heterocycles. The molecule has 5 heteroatoms. The third kappa shape index (κ3) is 13.0. The van der Waals surface area contributed by atoms with Crippen LogP contribution in [0.3, 0.4) is 0 Å². The van der Waals surface area contributed by atoms with Gasteiger partial charge < -0.3 is 10.1 Å². The third-order valence-corrected chi connectivity index (χ3v) is 8.87. The number of nitrogens with zero attached hydrogens (tertiary/aromatic N) is 1. The maximum Gasteiger partial charge on any atom is 0.228 e. The normalized spacial score (nSPS) is 11.5. The number of ether oxygens (including phenoxy) is 1. The van der Waals surface area contributed by atoms with E-state index < -0.39 is 0 Å². The van der Waals surface area contributed by atoms with Crippen LogP contribution in [0.2, 0.25) is 0 Å². The molecule has 0 bridgehead atoms. The van der Waals surface area contributed by atoms with E-state index in [4.69, 9.17) is 4.74 Å². The smallest absolute Gasteiger partial charge is 0.228 e. The Balaban J connectivity index is 1.47. The first kappa shape index (κ1) is 35.1. The van der Waals surface area contributed by atoms with Crippen molar-refractivity contribution in [3.63, 3.8) is 0 Å². The number of unbranched alkanes of at least 4 members (excludes halogenated alkanes) is 11. The topological polar surface area (TPSA) is 42.2 Å². The van der Waals surface area contributed by atoms with E-state index in [1.165, 1.54) is 70.6 Å². The van der Waals surface area contributed by atoms with Crippen LogP contribution >= 0.6 is 22.6 Å². The second-order valence-electron chi connectivity index (χ2n) is 12.9. The van der Waals surface area contributed by atoms with Gasteiger partial charge in [-0.2, -0.15) is 0 Å². The van der Waals surface area contributed by atoms with E-state index >= 15 is 0 Å². The second-order valence-corrected chi connectivity index (χ2v) is 14.0. The van der Waals surface area contributed by atoms with Crippen molar-refractivity contribution in [2.45, 2.75) is 123 Å².